The van der Waals surface area contributed by atoms with Crippen LogP contribution in [0, 0.1) is 11.8 Å². The Morgan fingerprint density at radius 3 is 2.56 bits per heavy atom. The second-order valence-corrected chi connectivity index (χ2v) is 6.53. The summed E-state index contributed by atoms with van der Waals surface area (Å²) in [5, 5.41) is 0.138. The summed E-state index contributed by atoms with van der Waals surface area (Å²) < 4.78 is 0. The van der Waals surface area contributed by atoms with Crippen LogP contribution in [0.3, 0.4) is 0 Å². The molecular formula is C13H23NO2S2. The molecule has 0 aromatic heterocycles. The van der Waals surface area contributed by atoms with Crippen molar-refractivity contribution in [3.8, 4) is 0 Å². The van der Waals surface area contributed by atoms with Gasteiger partial charge in [0.1, 0.15) is 0 Å². The zero-order chi connectivity index (χ0) is 13.7. The zero-order valence-corrected chi connectivity index (χ0v) is 13.1. The van der Waals surface area contributed by atoms with Gasteiger partial charge in [0.25, 0.3) is 0 Å². The van der Waals surface area contributed by atoms with Crippen molar-refractivity contribution in [2.75, 3.05) is 18.1 Å². The van der Waals surface area contributed by atoms with E-state index in [9.17, 15) is 9.59 Å². The van der Waals surface area contributed by atoms with Crippen molar-refractivity contribution < 1.29 is 9.59 Å². The Balaban J connectivity index is 2.38. The van der Waals surface area contributed by atoms with E-state index in [0.717, 1.165) is 19.4 Å². The predicted octanol–water partition coefficient (Wildman–Crippen LogP) is 2.46. The highest BCUT2D eigenvalue weighted by Gasteiger charge is 2.28. The molecule has 1 rings (SSSR count). The Kier molecular flexibility index (Phi) is 6.57. The molecule has 0 aromatic rings. The molecule has 0 spiro atoms. The first-order chi connectivity index (χ1) is 8.47. The van der Waals surface area contributed by atoms with E-state index in [1.807, 2.05) is 18.7 Å². The zero-order valence-electron chi connectivity index (χ0n) is 11.4. The summed E-state index contributed by atoms with van der Waals surface area (Å²) in [6, 6.07) is 0.358. The lowest BCUT2D eigenvalue weighted by atomic mass is 10.1. The van der Waals surface area contributed by atoms with Crippen LogP contribution in [0.15, 0.2) is 0 Å². The van der Waals surface area contributed by atoms with E-state index in [1.54, 1.807) is 0 Å². The van der Waals surface area contributed by atoms with Crippen LogP contribution in [0.5, 0.6) is 0 Å². The maximum Gasteiger partial charge on any atom is 0.226 e. The summed E-state index contributed by atoms with van der Waals surface area (Å²) in [5.41, 5.74) is 0. The van der Waals surface area contributed by atoms with E-state index in [4.69, 9.17) is 0 Å². The average Bonchev–Trinajstić information content (AvgIpc) is 2.79. The number of thiol groups is 1. The summed E-state index contributed by atoms with van der Waals surface area (Å²) >= 11 is 5.38. The van der Waals surface area contributed by atoms with Gasteiger partial charge in [0.15, 0.2) is 5.12 Å². The van der Waals surface area contributed by atoms with E-state index >= 15 is 0 Å². The molecular weight excluding hydrogens is 266 g/mol. The molecule has 1 fully saturated rings. The van der Waals surface area contributed by atoms with Crippen molar-refractivity contribution in [3.63, 3.8) is 0 Å². The number of rotatable bonds is 5. The van der Waals surface area contributed by atoms with Crippen molar-refractivity contribution in [1.82, 2.24) is 4.90 Å². The summed E-state index contributed by atoms with van der Waals surface area (Å²) in [6.45, 7) is 6.76. The van der Waals surface area contributed by atoms with Crippen LogP contribution in [-0.2, 0) is 9.59 Å². The molecule has 1 aliphatic rings. The number of hydrogen-bond donors (Lipinski definition) is 1. The molecule has 3 unspecified atom stereocenters. The van der Waals surface area contributed by atoms with Crippen molar-refractivity contribution in [2.24, 2.45) is 11.8 Å². The van der Waals surface area contributed by atoms with Gasteiger partial charge in [-0.25, -0.2) is 0 Å². The third kappa shape index (κ3) is 4.19. The van der Waals surface area contributed by atoms with E-state index in [2.05, 4.69) is 19.6 Å². The van der Waals surface area contributed by atoms with Gasteiger partial charge in [-0.05, 0) is 19.8 Å². The average molecular weight is 289 g/mol. The first kappa shape index (κ1) is 15.9. The summed E-state index contributed by atoms with van der Waals surface area (Å²) in [6.07, 6.45) is 2.20. The minimum absolute atomic E-state index is 0.0358. The number of thioether (sulfide) groups is 1. The minimum atomic E-state index is -0.0772. The fourth-order valence-electron chi connectivity index (χ4n) is 2.04. The molecule has 18 heavy (non-hydrogen) atoms. The van der Waals surface area contributed by atoms with Crippen molar-refractivity contribution >= 4 is 35.4 Å². The molecule has 1 amide bonds. The lowest BCUT2D eigenvalue weighted by Gasteiger charge is -2.24. The van der Waals surface area contributed by atoms with E-state index in [-0.39, 0.29) is 22.9 Å². The number of likely N-dealkylation sites (tertiary alicyclic amines) is 1. The van der Waals surface area contributed by atoms with E-state index in [0.29, 0.717) is 17.5 Å². The quantitative estimate of drug-likeness (QED) is 0.790. The molecule has 1 saturated heterocycles. The van der Waals surface area contributed by atoms with Crippen LogP contribution >= 0.6 is 24.4 Å². The van der Waals surface area contributed by atoms with Crippen LogP contribution in [0.4, 0.5) is 0 Å². The van der Waals surface area contributed by atoms with E-state index in [1.165, 1.54) is 11.8 Å². The van der Waals surface area contributed by atoms with Crippen molar-refractivity contribution in [1.29, 1.82) is 0 Å². The van der Waals surface area contributed by atoms with Crippen LogP contribution in [0.2, 0.25) is 0 Å². The van der Waals surface area contributed by atoms with Gasteiger partial charge < -0.3 is 4.90 Å². The molecule has 1 aliphatic heterocycles. The Morgan fingerprint density at radius 1 is 1.39 bits per heavy atom. The highest BCUT2D eigenvalue weighted by atomic mass is 32.2. The second kappa shape index (κ2) is 7.43. The molecule has 0 saturated carbocycles. The third-order valence-electron chi connectivity index (χ3n) is 3.41. The molecule has 5 heteroatoms. The SMILES string of the molecule is CC(CS)C(=O)SCC(C)C(=O)N1CCCC1C. The molecule has 3 nitrogen and oxygen atoms in total. The maximum absolute atomic E-state index is 12.2. The first-order valence-corrected chi connectivity index (χ1v) is 8.17. The minimum Gasteiger partial charge on any atom is -0.340 e. The maximum atomic E-state index is 12.2. The standard InChI is InChI=1S/C13H23NO2S2/c1-9(7-17)13(16)18-8-10(2)12(15)14-6-4-5-11(14)3/h9-11,17H,4-8H2,1-3H3. The van der Waals surface area contributed by atoms with Gasteiger partial charge in [-0.1, -0.05) is 25.6 Å². The highest BCUT2D eigenvalue weighted by molar-refractivity contribution is 8.13. The van der Waals surface area contributed by atoms with Gasteiger partial charge in [-0.15, -0.1) is 0 Å². The Morgan fingerprint density at radius 2 is 2.06 bits per heavy atom. The molecule has 1 heterocycles. The molecule has 0 bridgehead atoms. The Labute approximate surface area is 119 Å². The number of carbonyl (C=O) groups is 2. The van der Waals surface area contributed by atoms with Gasteiger partial charge in [0.05, 0.1) is 0 Å². The van der Waals surface area contributed by atoms with Crippen molar-refractivity contribution in [3.05, 3.63) is 0 Å². The van der Waals surface area contributed by atoms with Gasteiger partial charge in [0.2, 0.25) is 5.91 Å². The number of hydrogen-bond acceptors (Lipinski definition) is 4. The van der Waals surface area contributed by atoms with Crippen LogP contribution < -0.4 is 0 Å². The topological polar surface area (TPSA) is 37.4 Å². The molecule has 0 aromatic carbocycles. The van der Waals surface area contributed by atoms with Gasteiger partial charge in [0, 0.05) is 35.9 Å². The Bertz CT molecular complexity index is 309. The summed E-state index contributed by atoms with van der Waals surface area (Å²) in [5.74, 6) is 1.23. The van der Waals surface area contributed by atoms with Gasteiger partial charge >= 0.3 is 0 Å². The summed E-state index contributed by atoms with van der Waals surface area (Å²) in [4.78, 5) is 25.8. The predicted molar refractivity (Wildman–Crippen MR) is 80.1 cm³/mol. The molecule has 104 valence electrons. The lowest BCUT2D eigenvalue weighted by molar-refractivity contribution is -0.134. The lowest BCUT2D eigenvalue weighted by Crippen LogP contribution is -2.38. The summed E-state index contributed by atoms with van der Waals surface area (Å²) in [7, 11) is 0. The van der Waals surface area contributed by atoms with Crippen LogP contribution in [0.1, 0.15) is 33.6 Å². The Hall–Kier alpha value is -0.160. The van der Waals surface area contributed by atoms with Gasteiger partial charge in [-0.2, -0.15) is 12.6 Å². The van der Waals surface area contributed by atoms with Crippen LogP contribution in [-0.4, -0.2) is 40.0 Å². The molecule has 0 aliphatic carbocycles. The van der Waals surface area contributed by atoms with Gasteiger partial charge in [-0.3, -0.25) is 9.59 Å². The third-order valence-corrected chi connectivity index (χ3v) is 5.31. The van der Waals surface area contributed by atoms with Crippen LogP contribution in [0.25, 0.3) is 0 Å². The number of carbonyl (C=O) groups excluding carboxylic acids is 2. The smallest absolute Gasteiger partial charge is 0.226 e. The number of nitrogens with zero attached hydrogens (tertiary/aromatic N) is 1. The monoisotopic (exact) mass is 289 g/mol. The molecule has 0 N–H and O–H groups in total. The van der Waals surface area contributed by atoms with Crippen molar-refractivity contribution in [2.45, 2.75) is 39.7 Å². The largest absolute Gasteiger partial charge is 0.340 e. The fourth-order valence-corrected chi connectivity index (χ4v) is 3.25. The normalized spacial score (nSPS) is 22.9. The highest BCUT2D eigenvalue weighted by Crippen LogP contribution is 2.22. The van der Waals surface area contributed by atoms with E-state index < -0.39 is 0 Å². The first-order valence-electron chi connectivity index (χ1n) is 6.55. The fraction of sp³-hybridized carbons (Fsp3) is 0.846. The molecule has 0 radical (unpaired) electrons. The number of amides is 1. The molecule has 3 atom stereocenters. The second-order valence-electron chi connectivity index (χ2n) is 5.14.